The number of rotatable bonds is 6. The van der Waals surface area contributed by atoms with Crippen molar-refractivity contribution in [1.82, 2.24) is 10.3 Å². The monoisotopic (exact) mass is 558 g/mol. The molecule has 2 aromatic carbocycles. The molecule has 0 saturated heterocycles. The van der Waals surface area contributed by atoms with Crippen molar-refractivity contribution in [3.63, 3.8) is 0 Å². The Morgan fingerprint density at radius 3 is 2.00 bits per heavy atom. The Balaban J connectivity index is 2.19. The molecule has 1 atom stereocenters. The van der Waals surface area contributed by atoms with Crippen LogP contribution in [0, 0.1) is 0 Å². The summed E-state index contributed by atoms with van der Waals surface area (Å²) in [5.41, 5.74) is -4.61. The summed E-state index contributed by atoms with van der Waals surface area (Å²) in [6.45, 7) is 8.17. The minimum atomic E-state index is -5.26. The number of aromatic amines is 1. The Morgan fingerprint density at radius 2 is 1.54 bits per heavy atom. The van der Waals surface area contributed by atoms with Crippen LogP contribution in [-0.2, 0) is 28.3 Å². The van der Waals surface area contributed by atoms with Gasteiger partial charge in [0.15, 0.2) is 6.04 Å². The van der Waals surface area contributed by atoms with E-state index in [1.807, 2.05) is 19.2 Å². The number of nitrogens with one attached hydrogen (secondary N) is 2. The fourth-order valence-corrected chi connectivity index (χ4v) is 4.25. The number of carboxylic acids is 1. The number of hydrogen-bond donors (Lipinski definition) is 3. The van der Waals surface area contributed by atoms with Crippen molar-refractivity contribution in [2.75, 3.05) is 0 Å². The van der Waals surface area contributed by atoms with Crippen molar-refractivity contribution in [2.45, 2.75) is 71.0 Å². The normalized spacial score (nSPS) is 13.5. The first-order valence-electron chi connectivity index (χ1n) is 11.9. The third-order valence-corrected chi connectivity index (χ3v) is 5.91. The summed E-state index contributed by atoms with van der Waals surface area (Å²) in [4.78, 5) is 27.0. The van der Waals surface area contributed by atoms with E-state index in [1.54, 1.807) is 18.3 Å². The molecule has 0 bridgehead atoms. The van der Waals surface area contributed by atoms with Crippen LogP contribution in [0.1, 0.15) is 80.0 Å². The second kappa shape index (κ2) is 10.5. The molecule has 212 valence electrons. The molecule has 12 heteroatoms. The highest BCUT2D eigenvalue weighted by Crippen LogP contribution is 2.42. The molecule has 0 aliphatic heterocycles. The van der Waals surface area contributed by atoms with E-state index in [0.717, 1.165) is 5.56 Å². The van der Waals surface area contributed by atoms with Gasteiger partial charge in [0.25, 0.3) is 0 Å². The Bertz CT molecular complexity index is 1350. The van der Waals surface area contributed by atoms with Crippen LogP contribution in [0.3, 0.4) is 0 Å². The minimum absolute atomic E-state index is 0.0511. The predicted octanol–water partition coefficient (Wildman–Crippen LogP) is 7.57. The number of carboxylic acid groups (broad SMARTS) is 1. The van der Waals surface area contributed by atoms with Crippen molar-refractivity contribution in [1.29, 1.82) is 0 Å². The molecule has 1 heterocycles. The first-order chi connectivity index (χ1) is 17.8. The topological polar surface area (TPSA) is 91.4 Å². The molecular weight excluding hydrogens is 530 g/mol. The minimum Gasteiger partial charge on any atom is -0.479 e. The molecule has 6 nitrogen and oxygen atoms in total. The van der Waals surface area contributed by atoms with Crippen LogP contribution in [0.5, 0.6) is 0 Å². The zero-order chi connectivity index (χ0) is 29.5. The first kappa shape index (κ1) is 29.9. The van der Waals surface area contributed by atoms with Gasteiger partial charge < -0.3 is 20.1 Å². The molecule has 39 heavy (non-hydrogen) atoms. The average Bonchev–Trinajstić information content (AvgIpc) is 3.18. The molecule has 1 aromatic heterocycles. The number of halogens is 6. The number of aromatic nitrogens is 1. The van der Waals surface area contributed by atoms with Gasteiger partial charge in [0.2, 0.25) is 0 Å². The lowest BCUT2D eigenvalue weighted by Crippen LogP contribution is -2.38. The molecule has 3 N–H and O–H groups in total. The summed E-state index contributed by atoms with van der Waals surface area (Å²) in [7, 11) is 0. The highest BCUT2D eigenvalue weighted by atomic mass is 19.4. The van der Waals surface area contributed by atoms with Gasteiger partial charge in [-0.25, -0.2) is 9.59 Å². The number of benzene rings is 2. The van der Waals surface area contributed by atoms with E-state index < -0.39 is 64.7 Å². The molecule has 1 unspecified atom stereocenters. The standard InChI is InChI=1S/C27H28F6N2O4/c1-13(2)18-12-34-21-7-6-14(8-16(18)21)9-17-19(26(28,29)30)10-15(11-20(17)27(31,32)33)22(23(36)37)35-24(38)39-25(3,4)5/h6-8,10-13,22,34H,9H2,1-5H3,(H,35,38)(H,36,37). The zero-order valence-electron chi connectivity index (χ0n) is 21.8. The van der Waals surface area contributed by atoms with E-state index in [1.165, 1.54) is 26.8 Å². The summed E-state index contributed by atoms with van der Waals surface area (Å²) in [5, 5.41) is 12.1. The lowest BCUT2D eigenvalue weighted by molar-refractivity contribution is -0.145. The number of fused-ring (bicyclic) bond motifs is 1. The first-order valence-corrected chi connectivity index (χ1v) is 11.9. The maximum Gasteiger partial charge on any atom is 0.416 e. The largest absolute Gasteiger partial charge is 0.479 e. The molecule has 0 aliphatic carbocycles. The van der Waals surface area contributed by atoms with Gasteiger partial charge in [-0.3, -0.25) is 0 Å². The number of alkyl carbamates (subject to hydrolysis) is 1. The van der Waals surface area contributed by atoms with Crippen LogP contribution in [0.15, 0.2) is 36.5 Å². The van der Waals surface area contributed by atoms with Gasteiger partial charge in [-0.15, -0.1) is 0 Å². The summed E-state index contributed by atoms with van der Waals surface area (Å²) in [5.74, 6) is -1.82. The number of alkyl halides is 6. The highest BCUT2D eigenvalue weighted by Gasteiger charge is 2.42. The smallest absolute Gasteiger partial charge is 0.416 e. The van der Waals surface area contributed by atoms with Crippen LogP contribution in [0.4, 0.5) is 31.1 Å². The number of aliphatic carboxylic acids is 1. The number of ether oxygens (including phenoxy) is 1. The molecule has 1 amide bonds. The summed E-state index contributed by atoms with van der Waals surface area (Å²) in [6.07, 6.45) is -10.8. The summed E-state index contributed by atoms with van der Waals surface area (Å²) >= 11 is 0. The van der Waals surface area contributed by atoms with Gasteiger partial charge in [0, 0.05) is 17.1 Å². The van der Waals surface area contributed by atoms with Crippen molar-refractivity contribution < 1.29 is 45.8 Å². The van der Waals surface area contributed by atoms with E-state index >= 15 is 0 Å². The van der Waals surface area contributed by atoms with Crippen molar-refractivity contribution in [3.8, 4) is 0 Å². The number of H-pyrrole nitrogens is 1. The fourth-order valence-electron chi connectivity index (χ4n) is 4.25. The predicted molar refractivity (Wildman–Crippen MR) is 131 cm³/mol. The van der Waals surface area contributed by atoms with Gasteiger partial charge in [-0.05, 0) is 79.6 Å². The van der Waals surface area contributed by atoms with Gasteiger partial charge in [-0.2, -0.15) is 26.3 Å². The lowest BCUT2D eigenvalue weighted by Gasteiger charge is -2.25. The number of carbonyl (C=O) groups excluding carboxylic acids is 1. The maximum absolute atomic E-state index is 14.2. The van der Waals surface area contributed by atoms with Gasteiger partial charge in [-0.1, -0.05) is 19.9 Å². The molecule has 0 spiro atoms. The number of hydrogen-bond acceptors (Lipinski definition) is 3. The Morgan fingerprint density at radius 1 is 0.974 bits per heavy atom. The van der Waals surface area contributed by atoms with Crippen LogP contribution >= 0.6 is 0 Å². The third-order valence-electron chi connectivity index (χ3n) is 5.91. The van der Waals surface area contributed by atoms with Crippen molar-refractivity contribution in [2.24, 2.45) is 0 Å². The maximum atomic E-state index is 14.2. The SMILES string of the molecule is CC(C)c1c[nH]c2ccc(Cc3c(C(F)(F)F)cc(C(NC(=O)OC(C)(C)C)C(=O)O)cc3C(F)(F)F)cc12. The van der Waals surface area contributed by atoms with Crippen LogP contribution < -0.4 is 5.32 Å². The zero-order valence-corrected chi connectivity index (χ0v) is 21.8. The molecule has 0 saturated carbocycles. The van der Waals surface area contributed by atoms with E-state index in [9.17, 15) is 41.0 Å². The van der Waals surface area contributed by atoms with E-state index in [-0.39, 0.29) is 11.5 Å². The average molecular weight is 559 g/mol. The quantitative estimate of drug-likeness (QED) is 0.272. The molecule has 0 fully saturated rings. The number of carbonyl (C=O) groups is 2. The van der Waals surface area contributed by atoms with Crippen LogP contribution in [0.25, 0.3) is 10.9 Å². The Labute approximate surface area is 220 Å². The van der Waals surface area contributed by atoms with E-state index in [2.05, 4.69) is 4.98 Å². The van der Waals surface area contributed by atoms with Gasteiger partial charge in [0.05, 0.1) is 11.1 Å². The Hall–Kier alpha value is -3.70. The molecule has 0 aliphatic rings. The lowest BCUT2D eigenvalue weighted by atomic mass is 9.89. The van der Waals surface area contributed by atoms with Gasteiger partial charge in [0.1, 0.15) is 5.60 Å². The summed E-state index contributed by atoms with van der Waals surface area (Å²) in [6, 6.07) is 2.97. The molecule has 0 radical (unpaired) electrons. The fraction of sp³-hybridized carbons (Fsp3) is 0.407. The van der Waals surface area contributed by atoms with Crippen molar-refractivity contribution in [3.05, 3.63) is 69.9 Å². The second-order valence-electron chi connectivity index (χ2n) is 10.5. The van der Waals surface area contributed by atoms with Crippen molar-refractivity contribution >= 4 is 23.0 Å². The van der Waals surface area contributed by atoms with Crippen LogP contribution in [0.2, 0.25) is 0 Å². The Kier molecular flexibility index (Phi) is 8.01. The highest BCUT2D eigenvalue weighted by molar-refractivity contribution is 5.84. The molecule has 3 rings (SSSR count). The molecule has 3 aromatic rings. The second-order valence-corrected chi connectivity index (χ2v) is 10.5. The third kappa shape index (κ3) is 7.04. The number of amides is 1. The molecular formula is C27H28F6N2O4. The summed E-state index contributed by atoms with van der Waals surface area (Å²) < 4.78 is 90.1. The van der Waals surface area contributed by atoms with E-state index in [0.29, 0.717) is 23.0 Å². The van der Waals surface area contributed by atoms with Gasteiger partial charge >= 0.3 is 24.4 Å². The van der Waals surface area contributed by atoms with E-state index in [4.69, 9.17) is 4.74 Å². The van der Waals surface area contributed by atoms with Crippen LogP contribution in [-0.4, -0.2) is 27.8 Å².